The molecule has 3 rings (SSSR count). The Balaban J connectivity index is 1.95. The van der Waals surface area contributed by atoms with E-state index in [1.807, 2.05) is 0 Å². The molecule has 1 aromatic carbocycles. The van der Waals surface area contributed by atoms with Crippen molar-refractivity contribution in [2.24, 2.45) is 0 Å². The summed E-state index contributed by atoms with van der Waals surface area (Å²) in [7, 11) is 0. The smallest absolute Gasteiger partial charge is 0.422 e. The number of carbonyl (C=O) groups is 1. The van der Waals surface area contributed by atoms with Crippen LogP contribution in [-0.4, -0.2) is 33.5 Å². The second-order valence-corrected chi connectivity index (χ2v) is 6.36. The number of carbonyl (C=O) groups excluding carboxylic acids is 1. The highest BCUT2D eigenvalue weighted by atomic mass is 35.5. The molecular weight excluding hydrogens is 414 g/mol. The minimum Gasteiger partial charge on any atom is -0.468 e. The van der Waals surface area contributed by atoms with Crippen LogP contribution >= 0.6 is 11.6 Å². The number of pyridine rings is 1. The largest absolute Gasteiger partial charge is 0.468 e. The maximum atomic E-state index is 13.9. The Kier molecular flexibility index (Phi) is 6.07. The lowest BCUT2D eigenvalue weighted by Gasteiger charge is -2.14. The Bertz CT molecular complexity index is 1030. The van der Waals surface area contributed by atoms with E-state index in [0.29, 0.717) is 5.56 Å². The highest BCUT2D eigenvalue weighted by molar-refractivity contribution is 6.30. The minimum absolute atomic E-state index is 0.0967. The molecule has 0 fully saturated rings. The van der Waals surface area contributed by atoms with Crippen LogP contribution in [0.5, 0.6) is 5.88 Å². The molecule has 0 spiro atoms. The summed E-state index contributed by atoms with van der Waals surface area (Å²) in [5.74, 6) is -1.42. The lowest BCUT2D eigenvalue weighted by molar-refractivity contribution is -0.154. The number of hydrogen-bond acceptors (Lipinski definition) is 5. The zero-order valence-electron chi connectivity index (χ0n) is 14.6. The number of ketones is 1. The molecule has 0 aliphatic rings. The highest BCUT2D eigenvalue weighted by Gasteiger charge is 2.29. The summed E-state index contributed by atoms with van der Waals surface area (Å²) in [6.07, 6.45) is 0.509. The van der Waals surface area contributed by atoms with E-state index in [1.54, 1.807) is 0 Å². The van der Waals surface area contributed by atoms with Crippen LogP contribution in [0, 0.1) is 5.82 Å². The third-order valence-corrected chi connectivity index (χ3v) is 4.06. The van der Waals surface area contributed by atoms with Crippen molar-refractivity contribution in [2.45, 2.75) is 12.6 Å². The van der Waals surface area contributed by atoms with Gasteiger partial charge in [0.05, 0.1) is 10.6 Å². The summed E-state index contributed by atoms with van der Waals surface area (Å²) < 4.78 is 56.3. The van der Waals surface area contributed by atoms with E-state index >= 15 is 0 Å². The number of halogens is 5. The van der Waals surface area contributed by atoms with Crippen LogP contribution in [0.25, 0.3) is 11.1 Å². The van der Waals surface area contributed by atoms with Crippen LogP contribution < -0.4 is 4.74 Å². The summed E-state index contributed by atoms with van der Waals surface area (Å²) in [5.41, 5.74) is 0.959. The van der Waals surface area contributed by atoms with Crippen LogP contribution in [0.15, 0.2) is 49.2 Å². The number of ether oxygens (including phenoxy) is 1. The fourth-order valence-electron chi connectivity index (χ4n) is 2.46. The lowest BCUT2D eigenvalue weighted by Crippen LogP contribution is -2.20. The van der Waals surface area contributed by atoms with Crippen molar-refractivity contribution in [1.82, 2.24) is 15.0 Å². The quantitative estimate of drug-likeness (QED) is 0.423. The van der Waals surface area contributed by atoms with Crippen molar-refractivity contribution in [3.05, 3.63) is 71.2 Å². The molecule has 150 valence electrons. The van der Waals surface area contributed by atoms with Crippen LogP contribution in [0.3, 0.4) is 0 Å². The van der Waals surface area contributed by atoms with E-state index in [0.717, 1.165) is 6.07 Å². The maximum Gasteiger partial charge on any atom is 0.422 e. The molecular formula is C19H12ClF4N3O2. The number of benzene rings is 1. The number of rotatable bonds is 6. The molecule has 5 nitrogen and oxygen atoms in total. The van der Waals surface area contributed by atoms with E-state index in [-0.39, 0.29) is 39.8 Å². The van der Waals surface area contributed by atoms with Gasteiger partial charge in [-0.15, -0.1) is 0 Å². The van der Waals surface area contributed by atoms with Crippen molar-refractivity contribution >= 4 is 17.4 Å². The van der Waals surface area contributed by atoms with Gasteiger partial charge in [-0.3, -0.25) is 4.79 Å². The Hall–Kier alpha value is -3.07. The van der Waals surface area contributed by atoms with Crippen LogP contribution in [-0.2, 0) is 6.42 Å². The molecule has 0 aliphatic carbocycles. The van der Waals surface area contributed by atoms with Crippen molar-refractivity contribution in [1.29, 1.82) is 0 Å². The molecule has 0 N–H and O–H groups in total. The van der Waals surface area contributed by atoms with Gasteiger partial charge < -0.3 is 4.74 Å². The molecule has 0 aliphatic heterocycles. The first kappa shape index (κ1) is 20.7. The molecule has 29 heavy (non-hydrogen) atoms. The van der Waals surface area contributed by atoms with E-state index < -0.39 is 18.6 Å². The van der Waals surface area contributed by atoms with E-state index in [2.05, 4.69) is 15.0 Å². The van der Waals surface area contributed by atoms with Gasteiger partial charge in [0.2, 0.25) is 5.88 Å². The third-order valence-electron chi connectivity index (χ3n) is 3.76. The predicted molar refractivity (Wildman–Crippen MR) is 96.3 cm³/mol. The molecule has 0 amide bonds. The van der Waals surface area contributed by atoms with Crippen molar-refractivity contribution in [2.75, 3.05) is 6.61 Å². The number of alkyl halides is 3. The molecule has 2 heterocycles. The van der Waals surface area contributed by atoms with Crippen molar-refractivity contribution in [3.8, 4) is 17.0 Å². The summed E-state index contributed by atoms with van der Waals surface area (Å²) >= 11 is 5.67. The first-order valence-electron chi connectivity index (χ1n) is 8.15. The molecule has 2 aromatic heterocycles. The second kappa shape index (κ2) is 8.52. The predicted octanol–water partition coefficient (Wildman–Crippen LogP) is 4.70. The first-order chi connectivity index (χ1) is 13.7. The van der Waals surface area contributed by atoms with Gasteiger partial charge in [0.15, 0.2) is 12.4 Å². The monoisotopic (exact) mass is 425 g/mol. The number of nitrogens with zero attached hydrogens (tertiary/aromatic N) is 3. The fraction of sp³-hybridized carbons (Fsp3) is 0.158. The number of Topliss-reactive ketones (excluding diaryl/α,β-unsaturated/α-hetero) is 1. The van der Waals surface area contributed by atoms with E-state index in [4.69, 9.17) is 16.3 Å². The van der Waals surface area contributed by atoms with Gasteiger partial charge in [-0.25, -0.2) is 19.3 Å². The minimum atomic E-state index is -4.58. The van der Waals surface area contributed by atoms with Gasteiger partial charge >= 0.3 is 6.18 Å². The molecule has 0 saturated carbocycles. The van der Waals surface area contributed by atoms with Gasteiger partial charge in [-0.2, -0.15) is 13.2 Å². The molecule has 0 saturated heterocycles. The molecule has 0 atom stereocenters. The van der Waals surface area contributed by atoms with Crippen LogP contribution in [0.2, 0.25) is 5.02 Å². The second-order valence-electron chi connectivity index (χ2n) is 5.96. The third kappa shape index (κ3) is 5.47. The zero-order chi connectivity index (χ0) is 21.0. The highest BCUT2D eigenvalue weighted by Crippen LogP contribution is 2.32. The molecule has 10 heteroatoms. The SMILES string of the molecule is O=C(Cc1cnc(OCC(F)(F)F)c(-c2ccc(Cl)c(F)c2)c1)c1cncnc1. The number of hydrogen-bond donors (Lipinski definition) is 0. The topological polar surface area (TPSA) is 65.0 Å². The van der Waals surface area contributed by atoms with Crippen LogP contribution in [0.1, 0.15) is 15.9 Å². The van der Waals surface area contributed by atoms with Gasteiger partial charge in [-0.1, -0.05) is 17.7 Å². The Morgan fingerprint density at radius 3 is 2.48 bits per heavy atom. The van der Waals surface area contributed by atoms with Crippen molar-refractivity contribution < 1.29 is 27.1 Å². The maximum absolute atomic E-state index is 13.9. The molecule has 0 bridgehead atoms. The summed E-state index contributed by atoms with van der Waals surface area (Å²) in [6, 6.07) is 5.15. The average Bonchev–Trinajstić information content (AvgIpc) is 2.69. The molecule has 0 unspecified atom stereocenters. The normalized spacial score (nSPS) is 11.3. The zero-order valence-corrected chi connectivity index (χ0v) is 15.3. The van der Waals surface area contributed by atoms with Crippen molar-refractivity contribution in [3.63, 3.8) is 0 Å². The molecule has 3 aromatic rings. The molecule has 0 radical (unpaired) electrons. The van der Waals surface area contributed by atoms with E-state index in [9.17, 15) is 22.4 Å². The summed E-state index contributed by atoms with van der Waals surface area (Å²) in [4.78, 5) is 23.8. The van der Waals surface area contributed by atoms with Gasteiger partial charge in [0.1, 0.15) is 12.1 Å². The fourth-order valence-corrected chi connectivity index (χ4v) is 2.58. The standard InChI is InChI=1S/C19H12ClF4N3O2/c20-15-2-1-12(5-16(15)21)14-3-11(4-17(28)13-7-25-10-26-8-13)6-27-18(14)29-9-19(22,23)24/h1-3,5-8,10H,4,9H2. The Morgan fingerprint density at radius 1 is 1.10 bits per heavy atom. The Morgan fingerprint density at radius 2 is 1.83 bits per heavy atom. The first-order valence-corrected chi connectivity index (χ1v) is 8.53. The lowest BCUT2D eigenvalue weighted by atomic mass is 10.0. The van der Waals surface area contributed by atoms with Gasteiger partial charge in [0.25, 0.3) is 0 Å². The van der Waals surface area contributed by atoms with Gasteiger partial charge in [0, 0.05) is 30.6 Å². The average molecular weight is 426 g/mol. The number of aromatic nitrogens is 3. The van der Waals surface area contributed by atoms with E-state index in [1.165, 1.54) is 43.1 Å². The summed E-state index contributed by atoms with van der Waals surface area (Å²) in [5, 5.41) is -0.144. The Labute approximate surface area is 167 Å². The summed E-state index contributed by atoms with van der Waals surface area (Å²) in [6.45, 7) is -1.57. The van der Waals surface area contributed by atoms with Crippen LogP contribution in [0.4, 0.5) is 17.6 Å². The van der Waals surface area contributed by atoms with Gasteiger partial charge in [-0.05, 0) is 29.3 Å².